The van der Waals surface area contributed by atoms with E-state index in [1.165, 1.54) is 0 Å². The highest BCUT2D eigenvalue weighted by atomic mass is 16.5. The molecule has 2 aromatic rings. The first-order valence-electron chi connectivity index (χ1n) is 9.00. The van der Waals surface area contributed by atoms with Gasteiger partial charge in [0.15, 0.2) is 5.82 Å². The molecule has 1 aliphatic heterocycles. The fourth-order valence-electron chi connectivity index (χ4n) is 3.27. The number of carbonyl (C=O) groups excluding carboxylic acids is 1. The van der Waals surface area contributed by atoms with Gasteiger partial charge in [0.1, 0.15) is 0 Å². The van der Waals surface area contributed by atoms with E-state index in [1.54, 1.807) is 6.20 Å². The highest BCUT2D eigenvalue weighted by molar-refractivity contribution is 5.77. The van der Waals surface area contributed by atoms with Crippen molar-refractivity contribution in [1.82, 2.24) is 25.3 Å². The molecule has 1 aliphatic carbocycles. The number of hydrogen-bond donors (Lipinski definition) is 1. The van der Waals surface area contributed by atoms with Gasteiger partial charge >= 0.3 is 0 Å². The fraction of sp³-hybridized carbons (Fsp3) is 0.556. The number of aromatic nitrogens is 3. The van der Waals surface area contributed by atoms with Gasteiger partial charge in [-0.2, -0.15) is 4.98 Å². The number of pyridine rings is 1. The minimum atomic E-state index is 0.0260. The molecule has 0 bridgehead atoms. The fourth-order valence-corrected chi connectivity index (χ4v) is 3.27. The average molecular weight is 341 g/mol. The van der Waals surface area contributed by atoms with Crippen LogP contribution in [-0.4, -0.2) is 45.6 Å². The zero-order chi connectivity index (χ0) is 17.1. The van der Waals surface area contributed by atoms with Crippen molar-refractivity contribution in [2.75, 3.05) is 19.6 Å². The van der Waals surface area contributed by atoms with Gasteiger partial charge in [-0.05, 0) is 44.4 Å². The van der Waals surface area contributed by atoms with Crippen LogP contribution in [0.4, 0.5) is 0 Å². The summed E-state index contributed by atoms with van der Waals surface area (Å²) in [5.74, 6) is 2.37. The van der Waals surface area contributed by atoms with Gasteiger partial charge in [0.05, 0.1) is 18.8 Å². The van der Waals surface area contributed by atoms with Crippen molar-refractivity contribution in [3.63, 3.8) is 0 Å². The molecule has 2 aromatic heterocycles. The molecule has 7 nitrogen and oxygen atoms in total. The highest BCUT2D eigenvalue weighted by Gasteiger charge is 2.32. The molecule has 25 heavy (non-hydrogen) atoms. The summed E-state index contributed by atoms with van der Waals surface area (Å²) in [7, 11) is 0. The Labute approximate surface area is 146 Å². The summed E-state index contributed by atoms with van der Waals surface area (Å²) in [5.41, 5.74) is 0.867. The average Bonchev–Trinajstić information content (AvgIpc) is 3.38. The second-order valence-corrected chi connectivity index (χ2v) is 6.94. The second-order valence-electron chi connectivity index (χ2n) is 6.94. The lowest BCUT2D eigenvalue weighted by molar-refractivity contribution is -0.122. The first kappa shape index (κ1) is 16.2. The molecule has 1 N–H and O–H groups in total. The standard InChI is InChI=1S/C18H23N5O2/c24-16(20-10-15-5-1-2-8-19-15)12-23-9-3-4-14(11-23)17-21-18(25-22-17)13-6-7-13/h1-2,5,8,13-14H,3-4,6-7,9-12H2,(H,20,24)/t14-/m0/s1. The molecular weight excluding hydrogens is 318 g/mol. The van der Waals surface area contributed by atoms with E-state index >= 15 is 0 Å². The number of nitrogens with zero attached hydrogens (tertiary/aromatic N) is 4. The van der Waals surface area contributed by atoms with E-state index in [4.69, 9.17) is 4.52 Å². The zero-order valence-corrected chi connectivity index (χ0v) is 14.2. The Hall–Kier alpha value is -2.28. The number of nitrogens with one attached hydrogen (secondary N) is 1. The molecule has 3 heterocycles. The first-order valence-corrected chi connectivity index (χ1v) is 9.00. The van der Waals surface area contributed by atoms with Crippen LogP contribution in [0.25, 0.3) is 0 Å². The molecule has 1 amide bonds. The molecule has 7 heteroatoms. The van der Waals surface area contributed by atoms with Crippen molar-refractivity contribution in [2.24, 2.45) is 0 Å². The van der Waals surface area contributed by atoms with Crippen LogP contribution in [-0.2, 0) is 11.3 Å². The van der Waals surface area contributed by atoms with Gasteiger partial charge in [0.25, 0.3) is 0 Å². The molecule has 0 spiro atoms. The largest absolute Gasteiger partial charge is 0.349 e. The Morgan fingerprint density at radius 2 is 2.20 bits per heavy atom. The number of amides is 1. The third kappa shape index (κ3) is 4.22. The van der Waals surface area contributed by atoms with E-state index in [0.29, 0.717) is 19.0 Å². The van der Waals surface area contributed by atoms with Crippen molar-refractivity contribution in [2.45, 2.75) is 44.1 Å². The minimum Gasteiger partial charge on any atom is -0.349 e. The van der Waals surface area contributed by atoms with E-state index in [-0.39, 0.29) is 11.8 Å². The summed E-state index contributed by atoms with van der Waals surface area (Å²) >= 11 is 0. The molecule has 0 aromatic carbocycles. The molecular formula is C18H23N5O2. The topological polar surface area (TPSA) is 84.2 Å². The summed E-state index contributed by atoms with van der Waals surface area (Å²) in [4.78, 5) is 23.2. The third-order valence-electron chi connectivity index (χ3n) is 4.81. The van der Waals surface area contributed by atoms with E-state index in [0.717, 1.165) is 56.2 Å². The first-order chi connectivity index (χ1) is 12.3. The van der Waals surface area contributed by atoms with Gasteiger partial charge in [-0.1, -0.05) is 11.2 Å². The smallest absolute Gasteiger partial charge is 0.234 e. The van der Waals surface area contributed by atoms with Crippen molar-refractivity contribution < 1.29 is 9.32 Å². The molecule has 0 unspecified atom stereocenters. The van der Waals surface area contributed by atoms with Gasteiger partial charge in [0.2, 0.25) is 11.8 Å². The van der Waals surface area contributed by atoms with Crippen molar-refractivity contribution in [3.8, 4) is 0 Å². The van der Waals surface area contributed by atoms with Gasteiger partial charge < -0.3 is 9.84 Å². The van der Waals surface area contributed by atoms with E-state index in [1.807, 2.05) is 18.2 Å². The van der Waals surface area contributed by atoms with Crippen LogP contribution in [0, 0.1) is 0 Å². The number of likely N-dealkylation sites (tertiary alicyclic amines) is 1. The van der Waals surface area contributed by atoms with E-state index in [2.05, 4.69) is 25.3 Å². The Morgan fingerprint density at radius 3 is 3.00 bits per heavy atom. The molecule has 1 saturated carbocycles. The summed E-state index contributed by atoms with van der Waals surface area (Å²) in [6.07, 6.45) is 6.16. The predicted molar refractivity (Wildman–Crippen MR) is 90.8 cm³/mol. The van der Waals surface area contributed by atoms with Gasteiger partial charge in [-0.25, -0.2) is 0 Å². The van der Waals surface area contributed by atoms with Gasteiger partial charge in [-0.15, -0.1) is 0 Å². The maximum atomic E-state index is 12.2. The molecule has 2 fully saturated rings. The van der Waals surface area contributed by atoms with Gasteiger partial charge in [0, 0.05) is 24.6 Å². The molecule has 4 rings (SSSR count). The summed E-state index contributed by atoms with van der Waals surface area (Å²) < 4.78 is 5.38. The quantitative estimate of drug-likeness (QED) is 0.863. The van der Waals surface area contributed by atoms with E-state index in [9.17, 15) is 4.79 Å². The monoisotopic (exact) mass is 341 g/mol. The normalized spacial score (nSPS) is 21.2. The SMILES string of the molecule is O=C(CN1CCC[C@H](c2noc(C3CC3)n2)C1)NCc1ccccn1. The second kappa shape index (κ2) is 7.31. The molecule has 1 saturated heterocycles. The van der Waals surface area contributed by atoms with E-state index < -0.39 is 0 Å². The number of rotatable bonds is 6. The Kier molecular flexibility index (Phi) is 4.74. The van der Waals surface area contributed by atoms with Crippen molar-refractivity contribution >= 4 is 5.91 Å². The maximum absolute atomic E-state index is 12.2. The van der Waals surface area contributed by atoms with Crippen molar-refractivity contribution in [1.29, 1.82) is 0 Å². The summed E-state index contributed by atoms with van der Waals surface area (Å²) in [6, 6.07) is 5.70. The number of hydrogen-bond acceptors (Lipinski definition) is 6. The van der Waals surface area contributed by atoms with Crippen LogP contribution >= 0.6 is 0 Å². The zero-order valence-electron chi connectivity index (χ0n) is 14.2. The van der Waals surface area contributed by atoms with Crippen LogP contribution in [0.15, 0.2) is 28.9 Å². The maximum Gasteiger partial charge on any atom is 0.234 e. The van der Waals surface area contributed by atoms with Gasteiger partial charge in [-0.3, -0.25) is 14.7 Å². The number of carbonyl (C=O) groups is 1. The molecule has 1 atom stereocenters. The summed E-state index contributed by atoms with van der Waals surface area (Å²) in [5, 5.41) is 7.10. The lowest BCUT2D eigenvalue weighted by Crippen LogP contribution is -2.42. The molecule has 2 aliphatic rings. The lowest BCUT2D eigenvalue weighted by Gasteiger charge is -2.30. The molecule has 0 radical (unpaired) electrons. The van der Waals surface area contributed by atoms with Crippen LogP contribution in [0.1, 0.15) is 54.9 Å². The lowest BCUT2D eigenvalue weighted by atomic mass is 9.97. The van der Waals surface area contributed by atoms with Crippen LogP contribution in [0.3, 0.4) is 0 Å². The Morgan fingerprint density at radius 1 is 1.28 bits per heavy atom. The predicted octanol–water partition coefficient (Wildman–Crippen LogP) is 1.84. The third-order valence-corrected chi connectivity index (χ3v) is 4.81. The van der Waals surface area contributed by atoms with Crippen LogP contribution in [0.5, 0.6) is 0 Å². The number of piperidine rings is 1. The minimum absolute atomic E-state index is 0.0260. The Bertz CT molecular complexity index is 713. The van der Waals surface area contributed by atoms with Crippen LogP contribution < -0.4 is 5.32 Å². The Balaban J connectivity index is 1.27. The summed E-state index contributed by atoms with van der Waals surface area (Å²) in [6.45, 7) is 2.60. The molecule has 132 valence electrons. The van der Waals surface area contributed by atoms with Crippen molar-refractivity contribution in [3.05, 3.63) is 41.8 Å². The van der Waals surface area contributed by atoms with Crippen LogP contribution in [0.2, 0.25) is 0 Å². The highest BCUT2D eigenvalue weighted by Crippen LogP contribution is 2.39.